The fourth-order valence-corrected chi connectivity index (χ4v) is 3.09. The van der Waals surface area contributed by atoms with Crippen LogP contribution in [-0.2, 0) is 4.79 Å². The first kappa shape index (κ1) is 18.4. The van der Waals surface area contributed by atoms with Gasteiger partial charge in [0.2, 0.25) is 5.91 Å². The summed E-state index contributed by atoms with van der Waals surface area (Å²) in [6, 6.07) is 9.03. The Kier molecular flexibility index (Phi) is 4.85. The van der Waals surface area contributed by atoms with Crippen LogP contribution in [0.4, 0.5) is 11.4 Å². The van der Waals surface area contributed by atoms with E-state index in [1.54, 1.807) is 18.2 Å². The van der Waals surface area contributed by atoms with Gasteiger partial charge >= 0.3 is 0 Å². The lowest BCUT2D eigenvalue weighted by Gasteiger charge is -2.13. The number of amides is 2. The van der Waals surface area contributed by atoms with E-state index in [9.17, 15) is 9.59 Å². The van der Waals surface area contributed by atoms with Crippen molar-refractivity contribution < 1.29 is 14.1 Å². The van der Waals surface area contributed by atoms with E-state index in [0.717, 1.165) is 17.0 Å². The summed E-state index contributed by atoms with van der Waals surface area (Å²) >= 11 is 0. The van der Waals surface area contributed by atoms with Crippen LogP contribution in [0.5, 0.6) is 0 Å². The van der Waals surface area contributed by atoms with Crippen LogP contribution >= 0.6 is 0 Å². The molecule has 1 aromatic carbocycles. The molecule has 0 atom stereocenters. The second-order valence-electron chi connectivity index (χ2n) is 6.53. The number of nitrogens with zero attached hydrogens (tertiary/aromatic N) is 2. The third-order valence-electron chi connectivity index (χ3n) is 4.41. The summed E-state index contributed by atoms with van der Waals surface area (Å²) in [5.74, 6) is 0.963. The highest BCUT2D eigenvalue weighted by Gasteiger charge is 2.19. The summed E-state index contributed by atoms with van der Waals surface area (Å²) < 4.78 is 7.03. The average molecular weight is 366 g/mol. The van der Waals surface area contributed by atoms with Gasteiger partial charge in [-0.1, -0.05) is 11.2 Å². The average Bonchev–Trinajstić information content (AvgIpc) is 3.13. The van der Waals surface area contributed by atoms with Crippen molar-refractivity contribution >= 4 is 23.2 Å². The van der Waals surface area contributed by atoms with Gasteiger partial charge in [-0.3, -0.25) is 14.2 Å². The van der Waals surface area contributed by atoms with Gasteiger partial charge in [-0.05, 0) is 51.5 Å². The smallest absolute Gasteiger partial charge is 0.257 e. The normalized spacial score (nSPS) is 10.7. The molecule has 0 bridgehead atoms. The number of rotatable bonds is 4. The van der Waals surface area contributed by atoms with Crippen LogP contribution in [0.15, 0.2) is 34.9 Å². The van der Waals surface area contributed by atoms with Crippen molar-refractivity contribution in [1.82, 2.24) is 9.72 Å². The van der Waals surface area contributed by atoms with Crippen LogP contribution in [0, 0.1) is 27.7 Å². The van der Waals surface area contributed by atoms with E-state index in [0.29, 0.717) is 28.5 Å². The summed E-state index contributed by atoms with van der Waals surface area (Å²) in [4.78, 5) is 24.2. The van der Waals surface area contributed by atoms with Crippen molar-refractivity contribution in [3.63, 3.8) is 0 Å². The SMILES string of the molecule is CC(=O)Nc1cccc(NC(=O)c2cc(C)n(-c3cc(C)on3)c2C)c1C. The number of anilines is 2. The van der Waals surface area contributed by atoms with Crippen molar-refractivity contribution in [3.05, 3.63) is 58.6 Å². The molecule has 0 radical (unpaired) electrons. The lowest BCUT2D eigenvalue weighted by molar-refractivity contribution is -0.114. The Balaban J connectivity index is 1.91. The first-order valence-electron chi connectivity index (χ1n) is 8.59. The first-order chi connectivity index (χ1) is 12.8. The zero-order valence-electron chi connectivity index (χ0n) is 16.0. The number of nitrogens with one attached hydrogen (secondary N) is 2. The molecule has 0 fully saturated rings. The lowest BCUT2D eigenvalue weighted by Crippen LogP contribution is -2.15. The van der Waals surface area contributed by atoms with Gasteiger partial charge in [0.25, 0.3) is 5.91 Å². The third kappa shape index (κ3) is 3.62. The Morgan fingerprint density at radius 1 is 1.04 bits per heavy atom. The maximum absolute atomic E-state index is 12.9. The maximum Gasteiger partial charge on any atom is 0.257 e. The molecule has 2 heterocycles. The van der Waals surface area contributed by atoms with E-state index >= 15 is 0 Å². The monoisotopic (exact) mass is 366 g/mol. The van der Waals surface area contributed by atoms with Crippen LogP contribution in [0.2, 0.25) is 0 Å². The molecule has 7 nitrogen and oxygen atoms in total. The second-order valence-corrected chi connectivity index (χ2v) is 6.53. The Morgan fingerprint density at radius 3 is 2.30 bits per heavy atom. The van der Waals surface area contributed by atoms with Crippen molar-refractivity contribution in [1.29, 1.82) is 0 Å². The van der Waals surface area contributed by atoms with Gasteiger partial charge in [-0.2, -0.15) is 0 Å². The predicted octanol–water partition coefficient (Wildman–Crippen LogP) is 3.91. The van der Waals surface area contributed by atoms with Crippen LogP contribution in [0.1, 0.15) is 40.0 Å². The number of hydrogen-bond acceptors (Lipinski definition) is 4. The van der Waals surface area contributed by atoms with E-state index in [-0.39, 0.29) is 11.8 Å². The topological polar surface area (TPSA) is 89.2 Å². The number of benzene rings is 1. The van der Waals surface area contributed by atoms with Gasteiger partial charge < -0.3 is 15.2 Å². The minimum Gasteiger partial charge on any atom is -0.360 e. The maximum atomic E-state index is 12.9. The molecule has 0 unspecified atom stereocenters. The van der Waals surface area contributed by atoms with Crippen molar-refractivity contribution in [2.24, 2.45) is 0 Å². The van der Waals surface area contributed by atoms with Gasteiger partial charge in [0.1, 0.15) is 5.76 Å². The molecule has 27 heavy (non-hydrogen) atoms. The summed E-state index contributed by atoms with van der Waals surface area (Å²) in [6.07, 6.45) is 0. The zero-order chi connectivity index (χ0) is 19.7. The summed E-state index contributed by atoms with van der Waals surface area (Å²) in [5, 5.41) is 9.73. The second kappa shape index (κ2) is 7.11. The number of carbonyl (C=O) groups excluding carboxylic acids is 2. The van der Waals surface area contributed by atoms with Crippen LogP contribution in [-0.4, -0.2) is 21.5 Å². The number of hydrogen-bond donors (Lipinski definition) is 2. The first-order valence-corrected chi connectivity index (χ1v) is 8.59. The Bertz CT molecular complexity index is 1030. The molecule has 0 aliphatic rings. The molecule has 2 N–H and O–H groups in total. The van der Waals surface area contributed by atoms with Gasteiger partial charge in [-0.25, -0.2) is 0 Å². The van der Waals surface area contributed by atoms with E-state index in [1.807, 2.05) is 44.4 Å². The molecular weight excluding hydrogens is 344 g/mol. The van der Waals surface area contributed by atoms with Crippen LogP contribution < -0.4 is 10.6 Å². The fraction of sp³-hybridized carbons (Fsp3) is 0.250. The Labute approximate surface area is 157 Å². The van der Waals surface area contributed by atoms with E-state index in [1.165, 1.54) is 6.92 Å². The van der Waals surface area contributed by atoms with E-state index in [2.05, 4.69) is 15.8 Å². The highest BCUT2D eigenvalue weighted by Crippen LogP contribution is 2.26. The summed E-state index contributed by atoms with van der Waals surface area (Å²) in [7, 11) is 0. The van der Waals surface area contributed by atoms with Gasteiger partial charge in [0, 0.05) is 35.8 Å². The molecule has 0 aliphatic carbocycles. The van der Waals surface area contributed by atoms with Crippen molar-refractivity contribution in [2.45, 2.75) is 34.6 Å². The number of carbonyl (C=O) groups is 2. The molecule has 0 saturated heterocycles. The zero-order valence-corrected chi connectivity index (χ0v) is 16.0. The Hall–Kier alpha value is -3.35. The van der Waals surface area contributed by atoms with Crippen molar-refractivity contribution in [2.75, 3.05) is 10.6 Å². The molecule has 3 aromatic rings. The van der Waals surface area contributed by atoms with Gasteiger partial charge in [0.05, 0.1) is 5.56 Å². The molecule has 140 valence electrons. The lowest BCUT2D eigenvalue weighted by atomic mass is 10.1. The minimum absolute atomic E-state index is 0.159. The third-order valence-corrected chi connectivity index (χ3v) is 4.41. The minimum atomic E-state index is -0.224. The van der Waals surface area contributed by atoms with Crippen LogP contribution in [0.3, 0.4) is 0 Å². The van der Waals surface area contributed by atoms with E-state index < -0.39 is 0 Å². The molecule has 0 saturated carbocycles. The largest absolute Gasteiger partial charge is 0.360 e. The van der Waals surface area contributed by atoms with Crippen molar-refractivity contribution in [3.8, 4) is 5.82 Å². The molecule has 0 spiro atoms. The van der Waals surface area contributed by atoms with Crippen LogP contribution in [0.25, 0.3) is 5.82 Å². The Morgan fingerprint density at radius 2 is 1.70 bits per heavy atom. The molecule has 2 amide bonds. The predicted molar refractivity (Wildman–Crippen MR) is 103 cm³/mol. The number of aryl methyl sites for hydroxylation is 2. The van der Waals surface area contributed by atoms with Gasteiger partial charge in [0.15, 0.2) is 5.82 Å². The van der Waals surface area contributed by atoms with Gasteiger partial charge in [-0.15, -0.1) is 0 Å². The number of aromatic nitrogens is 2. The summed E-state index contributed by atoms with van der Waals surface area (Å²) in [5.41, 5.74) is 4.32. The quantitative estimate of drug-likeness (QED) is 0.733. The molecule has 2 aromatic heterocycles. The molecule has 3 rings (SSSR count). The highest BCUT2D eigenvalue weighted by molar-refractivity contribution is 6.06. The van der Waals surface area contributed by atoms with E-state index in [4.69, 9.17) is 4.52 Å². The molecule has 0 aliphatic heterocycles. The summed E-state index contributed by atoms with van der Waals surface area (Å²) in [6.45, 7) is 8.90. The standard InChI is InChI=1S/C20H22N4O3/c1-11-9-16(14(4)24(11)19-10-12(2)27-23-19)20(26)22-18-8-6-7-17(13(18)3)21-15(5)25/h6-10H,1-5H3,(H,21,25)(H,22,26). The molecular formula is C20H22N4O3. The molecule has 7 heteroatoms. The fourth-order valence-electron chi connectivity index (χ4n) is 3.09. The highest BCUT2D eigenvalue weighted by atomic mass is 16.5.